The maximum atomic E-state index is 11.7. The molecule has 7 heteroatoms. The van der Waals surface area contributed by atoms with Crippen LogP contribution in [0.2, 0.25) is 0 Å². The quantitative estimate of drug-likeness (QED) is 0.351. The zero-order valence-electron chi connectivity index (χ0n) is 17.5. The van der Waals surface area contributed by atoms with Gasteiger partial charge < -0.3 is 20.1 Å². The van der Waals surface area contributed by atoms with Crippen LogP contribution in [-0.4, -0.2) is 43.8 Å². The number of ether oxygens (including phenoxy) is 2. The second-order valence-corrected chi connectivity index (χ2v) is 7.68. The van der Waals surface area contributed by atoms with Crippen molar-refractivity contribution in [1.29, 1.82) is 0 Å². The third kappa shape index (κ3) is 18.8. The number of methoxy groups -OCH3 is 1. The molecule has 0 aliphatic carbocycles. The lowest BCUT2D eigenvalue weighted by atomic mass is 10.1. The molecule has 0 saturated carbocycles. The van der Waals surface area contributed by atoms with E-state index in [4.69, 9.17) is 4.74 Å². The number of amides is 2. The maximum absolute atomic E-state index is 11.7. The first kappa shape index (κ1) is 25.2. The number of hydrogen-bond acceptors (Lipinski definition) is 5. The summed E-state index contributed by atoms with van der Waals surface area (Å²) in [5.74, 6) is -0.113. The van der Waals surface area contributed by atoms with Gasteiger partial charge in [-0.15, -0.1) is 0 Å². The third-order valence-electron chi connectivity index (χ3n) is 3.88. The molecular formula is C20H38N2O5. The fraction of sp³-hybridized carbons (Fsp3) is 0.850. The van der Waals surface area contributed by atoms with Crippen molar-refractivity contribution in [3.05, 3.63) is 0 Å². The van der Waals surface area contributed by atoms with Crippen molar-refractivity contribution in [2.24, 2.45) is 0 Å². The average Bonchev–Trinajstić information content (AvgIpc) is 2.58. The molecule has 0 aromatic rings. The van der Waals surface area contributed by atoms with Crippen molar-refractivity contribution in [1.82, 2.24) is 10.6 Å². The van der Waals surface area contributed by atoms with Gasteiger partial charge in [-0.1, -0.05) is 38.5 Å². The van der Waals surface area contributed by atoms with Gasteiger partial charge in [0.1, 0.15) is 5.60 Å². The highest BCUT2D eigenvalue weighted by Crippen LogP contribution is 2.11. The Bertz CT molecular complexity index is 433. The number of hydrogen-bond donors (Lipinski definition) is 2. The van der Waals surface area contributed by atoms with E-state index in [0.717, 1.165) is 38.5 Å². The molecule has 0 aliphatic rings. The van der Waals surface area contributed by atoms with Crippen LogP contribution in [0.15, 0.2) is 0 Å². The van der Waals surface area contributed by atoms with E-state index < -0.39 is 11.7 Å². The van der Waals surface area contributed by atoms with Crippen molar-refractivity contribution in [2.45, 2.75) is 90.6 Å². The minimum Gasteiger partial charge on any atom is -0.469 e. The molecule has 0 radical (unpaired) electrons. The van der Waals surface area contributed by atoms with Gasteiger partial charge in [0.25, 0.3) is 0 Å². The van der Waals surface area contributed by atoms with Gasteiger partial charge in [0.15, 0.2) is 0 Å². The van der Waals surface area contributed by atoms with E-state index in [2.05, 4.69) is 15.4 Å². The summed E-state index contributed by atoms with van der Waals surface area (Å²) < 4.78 is 9.71. The van der Waals surface area contributed by atoms with Crippen molar-refractivity contribution in [3.63, 3.8) is 0 Å². The molecular weight excluding hydrogens is 348 g/mol. The Labute approximate surface area is 163 Å². The zero-order valence-corrected chi connectivity index (χ0v) is 17.5. The maximum Gasteiger partial charge on any atom is 0.407 e. The molecule has 0 unspecified atom stereocenters. The second kappa shape index (κ2) is 15.3. The van der Waals surface area contributed by atoms with Crippen LogP contribution in [-0.2, 0) is 19.1 Å². The second-order valence-electron chi connectivity index (χ2n) is 7.68. The predicted octanol–water partition coefficient (Wildman–Crippen LogP) is 3.70. The van der Waals surface area contributed by atoms with Crippen molar-refractivity contribution in [2.75, 3.05) is 20.2 Å². The van der Waals surface area contributed by atoms with E-state index in [-0.39, 0.29) is 11.9 Å². The molecule has 0 bridgehead atoms. The van der Waals surface area contributed by atoms with Crippen LogP contribution in [0.1, 0.15) is 85.0 Å². The summed E-state index contributed by atoms with van der Waals surface area (Å²) in [4.78, 5) is 34.1. The lowest BCUT2D eigenvalue weighted by Gasteiger charge is -2.19. The summed E-state index contributed by atoms with van der Waals surface area (Å²) in [5, 5.41) is 5.40. The summed E-state index contributed by atoms with van der Waals surface area (Å²) in [6.45, 7) is 6.18. The van der Waals surface area contributed by atoms with Gasteiger partial charge in [-0.25, -0.2) is 4.79 Å². The summed E-state index contributed by atoms with van der Waals surface area (Å²) >= 11 is 0. The Hall–Kier alpha value is -1.79. The first-order valence-corrected chi connectivity index (χ1v) is 10.0. The van der Waals surface area contributed by atoms with Gasteiger partial charge in [-0.2, -0.15) is 0 Å². The van der Waals surface area contributed by atoms with Gasteiger partial charge in [0.05, 0.1) is 7.11 Å². The first-order valence-electron chi connectivity index (χ1n) is 10.0. The van der Waals surface area contributed by atoms with Crippen molar-refractivity contribution < 1.29 is 23.9 Å². The van der Waals surface area contributed by atoms with Crippen LogP contribution >= 0.6 is 0 Å². The highest BCUT2D eigenvalue weighted by molar-refractivity contribution is 5.75. The van der Waals surface area contributed by atoms with E-state index in [0.29, 0.717) is 25.9 Å². The number of unbranched alkanes of at least 4 members (excludes halogenated alkanes) is 7. The molecule has 0 aliphatic heterocycles. The lowest BCUT2D eigenvalue weighted by molar-refractivity contribution is -0.140. The topological polar surface area (TPSA) is 93.7 Å². The Morgan fingerprint density at radius 3 is 1.74 bits per heavy atom. The molecule has 0 heterocycles. The average molecular weight is 387 g/mol. The lowest BCUT2D eigenvalue weighted by Crippen LogP contribution is -2.37. The van der Waals surface area contributed by atoms with E-state index >= 15 is 0 Å². The van der Waals surface area contributed by atoms with E-state index in [9.17, 15) is 14.4 Å². The first-order chi connectivity index (χ1) is 12.7. The number of carbonyl (C=O) groups is 3. The summed E-state index contributed by atoms with van der Waals surface area (Å²) in [7, 11) is 1.42. The third-order valence-corrected chi connectivity index (χ3v) is 3.88. The van der Waals surface area contributed by atoms with Gasteiger partial charge in [-0.3, -0.25) is 9.59 Å². The predicted molar refractivity (Wildman–Crippen MR) is 105 cm³/mol. The van der Waals surface area contributed by atoms with Gasteiger partial charge in [0.2, 0.25) is 5.91 Å². The molecule has 0 saturated heterocycles. The number of carbonyl (C=O) groups excluding carboxylic acids is 3. The van der Waals surface area contributed by atoms with Gasteiger partial charge in [-0.05, 0) is 33.6 Å². The molecule has 0 fully saturated rings. The Morgan fingerprint density at radius 2 is 1.22 bits per heavy atom. The fourth-order valence-corrected chi connectivity index (χ4v) is 2.49. The number of esters is 1. The van der Waals surface area contributed by atoms with Crippen LogP contribution in [0, 0.1) is 0 Å². The molecule has 0 atom stereocenters. The van der Waals surface area contributed by atoms with Crippen LogP contribution in [0.4, 0.5) is 4.79 Å². The van der Waals surface area contributed by atoms with Crippen molar-refractivity contribution >= 4 is 18.0 Å². The highest BCUT2D eigenvalue weighted by Gasteiger charge is 2.15. The van der Waals surface area contributed by atoms with Gasteiger partial charge in [0, 0.05) is 25.9 Å². The van der Waals surface area contributed by atoms with Gasteiger partial charge >= 0.3 is 12.1 Å². The molecule has 7 nitrogen and oxygen atoms in total. The van der Waals surface area contributed by atoms with Crippen LogP contribution in [0.3, 0.4) is 0 Å². The number of rotatable bonds is 14. The number of alkyl carbamates (subject to hydrolysis) is 1. The molecule has 2 amide bonds. The molecule has 0 aromatic heterocycles. The SMILES string of the molecule is COC(=O)CCCCCCCCCCC(=O)NCCNC(=O)OC(C)(C)C. The van der Waals surface area contributed by atoms with Crippen molar-refractivity contribution in [3.8, 4) is 0 Å². The van der Waals surface area contributed by atoms with Crippen LogP contribution in [0.5, 0.6) is 0 Å². The standard InChI is InChI=1S/C20H38N2O5/c1-20(2,3)27-19(25)22-16-15-21-17(23)13-11-9-7-5-6-8-10-12-14-18(24)26-4/h5-16H2,1-4H3,(H,21,23)(H,22,25). The van der Waals surface area contributed by atoms with E-state index in [1.54, 1.807) is 20.8 Å². The molecule has 0 rings (SSSR count). The summed E-state index contributed by atoms with van der Waals surface area (Å²) in [6.07, 6.45) is 9.06. The van der Waals surface area contributed by atoms with Crippen LogP contribution < -0.4 is 10.6 Å². The normalized spacial score (nSPS) is 11.0. The van der Waals surface area contributed by atoms with E-state index in [1.807, 2.05) is 0 Å². The highest BCUT2D eigenvalue weighted by atomic mass is 16.6. The van der Waals surface area contributed by atoms with E-state index in [1.165, 1.54) is 20.0 Å². The monoisotopic (exact) mass is 386 g/mol. The molecule has 158 valence electrons. The molecule has 0 aromatic carbocycles. The fourth-order valence-electron chi connectivity index (χ4n) is 2.49. The van der Waals surface area contributed by atoms with Crippen LogP contribution in [0.25, 0.3) is 0 Å². The summed E-state index contributed by atoms with van der Waals surface area (Å²) in [6, 6.07) is 0. The molecule has 0 spiro atoms. The Morgan fingerprint density at radius 1 is 0.741 bits per heavy atom. The number of nitrogens with one attached hydrogen (secondary N) is 2. The summed E-state index contributed by atoms with van der Waals surface area (Å²) in [5.41, 5.74) is -0.517. The largest absolute Gasteiger partial charge is 0.469 e. The Balaban J connectivity index is 3.37. The smallest absolute Gasteiger partial charge is 0.407 e. The zero-order chi connectivity index (χ0) is 20.5. The minimum atomic E-state index is -0.517. The molecule has 27 heavy (non-hydrogen) atoms. The minimum absolute atomic E-state index is 0.0174. The Kier molecular flexibility index (Phi) is 14.3. The molecule has 2 N–H and O–H groups in total.